The maximum atomic E-state index is 11.9. The lowest BCUT2D eigenvalue weighted by Crippen LogP contribution is -2.38. The molecule has 0 atom stereocenters. The van der Waals surface area contributed by atoms with E-state index in [-0.39, 0.29) is 29.2 Å². The molecule has 22 heavy (non-hydrogen) atoms. The minimum atomic E-state index is -0.543. The number of nitro groups is 1. The molecular formula is C15H20ClN3O3. The van der Waals surface area contributed by atoms with Crippen LogP contribution in [0.5, 0.6) is 0 Å². The van der Waals surface area contributed by atoms with Crippen LogP contribution in [0.1, 0.15) is 38.5 Å². The van der Waals surface area contributed by atoms with E-state index in [0.717, 1.165) is 25.7 Å². The molecule has 0 bridgehead atoms. The molecule has 6 nitrogen and oxygen atoms in total. The van der Waals surface area contributed by atoms with Crippen molar-refractivity contribution in [2.45, 2.75) is 44.6 Å². The van der Waals surface area contributed by atoms with Gasteiger partial charge in [0.1, 0.15) is 5.02 Å². The Hall–Kier alpha value is -1.82. The Bertz CT molecular complexity index is 543. The summed E-state index contributed by atoms with van der Waals surface area (Å²) in [6.45, 7) is 0.0925. The van der Waals surface area contributed by atoms with E-state index in [1.165, 1.54) is 25.0 Å². The van der Waals surface area contributed by atoms with Gasteiger partial charge in [-0.05, 0) is 25.0 Å². The number of amides is 1. The number of nitrogens with one attached hydrogen (secondary N) is 2. The number of nitro benzene ring substituents is 1. The Labute approximate surface area is 134 Å². The van der Waals surface area contributed by atoms with Gasteiger partial charge in [-0.15, -0.1) is 0 Å². The number of nitrogens with zero attached hydrogens (tertiary/aromatic N) is 1. The van der Waals surface area contributed by atoms with Crippen molar-refractivity contribution in [3.05, 3.63) is 33.3 Å². The van der Waals surface area contributed by atoms with Gasteiger partial charge in [-0.2, -0.15) is 0 Å². The van der Waals surface area contributed by atoms with Crippen molar-refractivity contribution in [3.63, 3.8) is 0 Å². The average molecular weight is 326 g/mol. The number of halogens is 1. The van der Waals surface area contributed by atoms with E-state index in [4.69, 9.17) is 11.6 Å². The quantitative estimate of drug-likeness (QED) is 0.493. The van der Waals surface area contributed by atoms with Gasteiger partial charge in [0, 0.05) is 17.8 Å². The van der Waals surface area contributed by atoms with Crippen molar-refractivity contribution < 1.29 is 9.72 Å². The largest absolute Gasteiger partial charge is 0.376 e. The first-order chi connectivity index (χ1) is 10.6. The lowest BCUT2D eigenvalue weighted by Gasteiger charge is -2.16. The molecule has 2 N–H and O–H groups in total. The van der Waals surface area contributed by atoms with Crippen molar-refractivity contribution in [1.82, 2.24) is 5.32 Å². The van der Waals surface area contributed by atoms with Gasteiger partial charge in [-0.25, -0.2) is 0 Å². The Morgan fingerprint density at radius 1 is 1.27 bits per heavy atom. The summed E-state index contributed by atoms with van der Waals surface area (Å²) in [4.78, 5) is 22.2. The summed E-state index contributed by atoms with van der Waals surface area (Å²) < 4.78 is 0. The van der Waals surface area contributed by atoms with E-state index >= 15 is 0 Å². The summed E-state index contributed by atoms with van der Waals surface area (Å²) in [5.74, 6) is -0.0931. The Morgan fingerprint density at radius 2 is 1.95 bits per heavy atom. The highest BCUT2D eigenvalue weighted by atomic mass is 35.5. The monoisotopic (exact) mass is 325 g/mol. The number of carbonyl (C=O) groups is 1. The van der Waals surface area contributed by atoms with Gasteiger partial charge in [-0.1, -0.05) is 37.3 Å². The van der Waals surface area contributed by atoms with Crippen LogP contribution >= 0.6 is 11.6 Å². The molecule has 0 spiro atoms. The van der Waals surface area contributed by atoms with Crippen molar-refractivity contribution in [2.75, 3.05) is 11.9 Å². The minimum absolute atomic E-state index is 0.0819. The zero-order valence-corrected chi connectivity index (χ0v) is 13.1. The Kier molecular flexibility index (Phi) is 6.00. The van der Waals surface area contributed by atoms with Gasteiger partial charge in [0.25, 0.3) is 5.69 Å². The van der Waals surface area contributed by atoms with Crippen LogP contribution in [0.15, 0.2) is 18.2 Å². The van der Waals surface area contributed by atoms with Crippen molar-refractivity contribution >= 4 is 28.9 Å². The molecule has 0 heterocycles. The van der Waals surface area contributed by atoms with Gasteiger partial charge in [-0.3, -0.25) is 14.9 Å². The van der Waals surface area contributed by atoms with Gasteiger partial charge < -0.3 is 10.6 Å². The Morgan fingerprint density at radius 3 is 2.59 bits per heavy atom. The third kappa shape index (κ3) is 4.87. The molecule has 0 aliphatic heterocycles. The van der Waals surface area contributed by atoms with Gasteiger partial charge >= 0.3 is 0 Å². The highest BCUT2D eigenvalue weighted by molar-refractivity contribution is 6.32. The lowest BCUT2D eigenvalue weighted by atomic mass is 10.1. The van der Waals surface area contributed by atoms with Gasteiger partial charge in [0.15, 0.2) is 0 Å². The molecule has 0 saturated heterocycles. The highest BCUT2D eigenvalue weighted by Crippen LogP contribution is 2.27. The molecule has 1 aliphatic carbocycles. The van der Waals surface area contributed by atoms with Gasteiger partial charge in [0.2, 0.25) is 5.91 Å². The third-order valence-corrected chi connectivity index (χ3v) is 4.14. The van der Waals surface area contributed by atoms with Crippen LogP contribution in [0.3, 0.4) is 0 Å². The normalized spacial score (nSPS) is 15.9. The molecule has 7 heteroatoms. The first-order valence-electron chi connectivity index (χ1n) is 7.53. The molecule has 0 radical (unpaired) electrons. The smallest absolute Gasteiger partial charge is 0.289 e. The SMILES string of the molecule is O=C(CNc1ccc(Cl)c([N+](=O)[O-])c1)NC1CCCCCC1. The number of carbonyl (C=O) groups excluding carboxylic acids is 1. The summed E-state index contributed by atoms with van der Waals surface area (Å²) in [7, 11) is 0. The third-order valence-electron chi connectivity index (χ3n) is 3.82. The maximum absolute atomic E-state index is 11.9. The van der Waals surface area contributed by atoms with E-state index in [1.807, 2.05) is 0 Å². The van der Waals surface area contributed by atoms with E-state index < -0.39 is 4.92 Å². The number of anilines is 1. The molecule has 1 aliphatic rings. The number of rotatable bonds is 5. The lowest BCUT2D eigenvalue weighted by molar-refractivity contribution is -0.384. The molecule has 1 amide bonds. The van der Waals surface area contributed by atoms with E-state index in [0.29, 0.717) is 5.69 Å². The molecule has 1 aromatic rings. The van der Waals surface area contributed by atoms with Crippen LogP contribution in [-0.4, -0.2) is 23.4 Å². The topological polar surface area (TPSA) is 84.3 Å². The summed E-state index contributed by atoms with van der Waals surface area (Å²) in [5, 5.41) is 16.8. The summed E-state index contributed by atoms with van der Waals surface area (Å²) in [5.41, 5.74) is 0.336. The summed E-state index contributed by atoms with van der Waals surface area (Å²) >= 11 is 5.75. The average Bonchev–Trinajstić information content (AvgIpc) is 2.74. The first kappa shape index (κ1) is 16.5. The second-order valence-electron chi connectivity index (χ2n) is 5.53. The zero-order chi connectivity index (χ0) is 15.9. The fourth-order valence-electron chi connectivity index (χ4n) is 2.65. The maximum Gasteiger partial charge on any atom is 0.289 e. The van der Waals surface area contributed by atoms with Crippen LogP contribution < -0.4 is 10.6 Å². The van der Waals surface area contributed by atoms with E-state index in [9.17, 15) is 14.9 Å². The molecule has 0 aromatic heterocycles. The standard InChI is InChI=1S/C15H20ClN3O3/c16-13-8-7-12(9-14(13)19(21)22)17-10-15(20)18-11-5-3-1-2-4-6-11/h7-9,11,17H,1-6,10H2,(H,18,20). The van der Waals surface area contributed by atoms with Crippen LogP contribution in [0, 0.1) is 10.1 Å². The van der Waals surface area contributed by atoms with Crippen LogP contribution in [-0.2, 0) is 4.79 Å². The molecule has 1 fully saturated rings. The second kappa shape index (κ2) is 7.98. The zero-order valence-electron chi connectivity index (χ0n) is 12.3. The van der Waals surface area contributed by atoms with E-state index in [1.54, 1.807) is 6.07 Å². The predicted octanol–water partition coefficient (Wildman–Crippen LogP) is 3.50. The second-order valence-corrected chi connectivity index (χ2v) is 5.94. The first-order valence-corrected chi connectivity index (χ1v) is 7.91. The molecule has 1 aromatic carbocycles. The van der Waals surface area contributed by atoms with Crippen LogP contribution in [0.4, 0.5) is 11.4 Å². The fourth-order valence-corrected chi connectivity index (χ4v) is 2.83. The summed E-state index contributed by atoms with van der Waals surface area (Å²) in [6, 6.07) is 4.65. The predicted molar refractivity (Wildman–Crippen MR) is 86.2 cm³/mol. The number of hydrogen-bond donors (Lipinski definition) is 2. The highest BCUT2D eigenvalue weighted by Gasteiger charge is 2.15. The molecule has 1 saturated carbocycles. The van der Waals surface area contributed by atoms with Crippen LogP contribution in [0.2, 0.25) is 5.02 Å². The fraction of sp³-hybridized carbons (Fsp3) is 0.533. The molecule has 2 rings (SSSR count). The Balaban J connectivity index is 1.85. The van der Waals surface area contributed by atoms with Gasteiger partial charge in [0.05, 0.1) is 11.5 Å². The minimum Gasteiger partial charge on any atom is -0.376 e. The molecular weight excluding hydrogens is 306 g/mol. The van der Waals surface area contributed by atoms with Crippen molar-refractivity contribution in [3.8, 4) is 0 Å². The van der Waals surface area contributed by atoms with Crippen LogP contribution in [0.25, 0.3) is 0 Å². The summed E-state index contributed by atoms with van der Waals surface area (Å²) in [6.07, 6.45) is 6.83. The molecule has 120 valence electrons. The number of benzene rings is 1. The van der Waals surface area contributed by atoms with Crippen molar-refractivity contribution in [1.29, 1.82) is 0 Å². The number of hydrogen-bond acceptors (Lipinski definition) is 4. The van der Waals surface area contributed by atoms with E-state index in [2.05, 4.69) is 10.6 Å². The molecule has 0 unspecified atom stereocenters. The van der Waals surface area contributed by atoms with Crippen molar-refractivity contribution in [2.24, 2.45) is 0 Å².